The fourth-order valence-corrected chi connectivity index (χ4v) is 4.66. The van der Waals surface area contributed by atoms with Crippen LogP contribution in [0.5, 0.6) is 0 Å². The Balaban J connectivity index is 1.90. The maximum atomic E-state index is 9.24. The Bertz CT molecular complexity index is 607. The lowest BCUT2D eigenvalue weighted by molar-refractivity contribution is -0.131. The zero-order valence-electron chi connectivity index (χ0n) is 15.2. The molecule has 0 bridgehead atoms. The quantitative estimate of drug-likeness (QED) is 0.801. The minimum absolute atomic E-state index is 0.315. The van der Waals surface area contributed by atoms with Gasteiger partial charge in [0.05, 0.1) is 5.60 Å². The van der Waals surface area contributed by atoms with Crippen LogP contribution in [0.3, 0.4) is 0 Å². The van der Waals surface area contributed by atoms with Gasteiger partial charge in [-0.15, -0.1) is 0 Å². The van der Waals surface area contributed by atoms with E-state index >= 15 is 0 Å². The molecular weight excluding hydrogens is 298 g/mol. The molecule has 130 valence electrons. The maximum absolute atomic E-state index is 9.24. The summed E-state index contributed by atoms with van der Waals surface area (Å²) in [5.41, 5.74) is 1.28. The topological polar surface area (TPSA) is 49.1 Å². The number of methoxy groups -OCH3 is 1. The predicted octanol–water partition coefficient (Wildman–Crippen LogP) is 3.57. The number of hydrogen-bond donors (Lipinski definition) is 0. The first-order valence-electron chi connectivity index (χ1n) is 9.20. The largest absolute Gasteiger partial charge is 0.373 e. The van der Waals surface area contributed by atoms with Crippen LogP contribution in [0.25, 0.3) is 0 Å². The highest BCUT2D eigenvalue weighted by molar-refractivity contribution is 5.31. The second-order valence-corrected chi connectivity index (χ2v) is 7.73. The Labute approximate surface area is 145 Å². The van der Waals surface area contributed by atoms with Crippen molar-refractivity contribution in [1.82, 2.24) is 9.88 Å². The Kier molecular flexibility index (Phi) is 5.22. The Morgan fingerprint density at radius 1 is 1.33 bits per heavy atom. The molecule has 4 nitrogen and oxygen atoms in total. The predicted molar refractivity (Wildman–Crippen MR) is 94.4 cm³/mol. The van der Waals surface area contributed by atoms with Crippen LogP contribution in [0, 0.1) is 29.1 Å². The van der Waals surface area contributed by atoms with Crippen molar-refractivity contribution >= 4 is 0 Å². The van der Waals surface area contributed by atoms with Gasteiger partial charge in [-0.3, -0.25) is 0 Å². The van der Waals surface area contributed by atoms with Gasteiger partial charge in [-0.05, 0) is 62.3 Å². The van der Waals surface area contributed by atoms with Gasteiger partial charge in [0.15, 0.2) is 0 Å². The van der Waals surface area contributed by atoms with E-state index in [9.17, 15) is 5.26 Å². The molecule has 3 rings (SSSR count). The summed E-state index contributed by atoms with van der Waals surface area (Å²) < 4.78 is 6.25. The third-order valence-corrected chi connectivity index (χ3v) is 5.99. The molecule has 0 amide bonds. The highest BCUT2D eigenvalue weighted by Crippen LogP contribution is 2.48. The third-order valence-electron chi connectivity index (χ3n) is 5.99. The van der Waals surface area contributed by atoms with Crippen molar-refractivity contribution in [1.29, 1.82) is 5.26 Å². The summed E-state index contributed by atoms with van der Waals surface area (Å²) in [6, 6.07) is 6.15. The van der Waals surface area contributed by atoms with Crippen LogP contribution >= 0.6 is 0 Å². The number of hydrogen-bond acceptors (Lipinski definition) is 4. The molecule has 3 unspecified atom stereocenters. The number of aromatic nitrogens is 1. The lowest BCUT2D eigenvalue weighted by Crippen LogP contribution is -2.50. The van der Waals surface area contributed by atoms with Gasteiger partial charge in [0, 0.05) is 32.3 Å². The van der Waals surface area contributed by atoms with Crippen LogP contribution in [0.2, 0.25) is 0 Å². The van der Waals surface area contributed by atoms with Crippen LogP contribution in [0.15, 0.2) is 18.3 Å². The third kappa shape index (κ3) is 3.34. The minimum atomic E-state index is -0.315. The highest BCUT2D eigenvalue weighted by atomic mass is 16.5. The highest BCUT2D eigenvalue weighted by Gasteiger charge is 2.48. The van der Waals surface area contributed by atoms with E-state index in [1.807, 2.05) is 19.2 Å². The molecule has 1 aromatic rings. The summed E-state index contributed by atoms with van der Waals surface area (Å²) in [5.74, 6) is 1.78. The van der Waals surface area contributed by atoms with Crippen molar-refractivity contribution in [3.63, 3.8) is 0 Å². The first-order chi connectivity index (χ1) is 11.6. The molecule has 1 aromatic heterocycles. The van der Waals surface area contributed by atoms with Crippen LogP contribution in [0.1, 0.15) is 50.3 Å². The van der Waals surface area contributed by atoms with E-state index in [0.717, 1.165) is 18.0 Å². The monoisotopic (exact) mass is 327 g/mol. The van der Waals surface area contributed by atoms with Crippen LogP contribution in [-0.4, -0.2) is 37.1 Å². The van der Waals surface area contributed by atoms with Gasteiger partial charge in [0.2, 0.25) is 0 Å². The fourth-order valence-electron chi connectivity index (χ4n) is 4.66. The van der Waals surface area contributed by atoms with Gasteiger partial charge < -0.3 is 9.64 Å². The summed E-state index contributed by atoms with van der Waals surface area (Å²) in [7, 11) is 4.08. The molecule has 2 aliphatic carbocycles. The van der Waals surface area contributed by atoms with Crippen molar-refractivity contribution in [3.8, 4) is 6.07 Å². The summed E-state index contributed by atoms with van der Waals surface area (Å²) in [5, 5.41) is 9.24. The summed E-state index contributed by atoms with van der Waals surface area (Å²) >= 11 is 0. The average Bonchev–Trinajstić information content (AvgIpc) is 3.39. The molecule has 1 heterocycles. The second-order valence-electron chi connectivity index (χ2n) is 7.73. The van der Waals surface area contributed by atoms with E-state index in [0.29, 0.717) is 17.5 Å². The van der Waals surface area contributed by atoms with Crippen molar-refractivity contribution in [2.45, 2.75) is 44.6 Å². The average molecular weight is 327 g/mol. The molecule has 2 aliphatic rings. The van der Waals surface area contributed by atoms with Crippen LogP contribution < -0.4 is 0 Å². The van der Waals surface area contributed by atoms with Gasteiger partial charge in [-0.2, -0.15) is 5.26 Å². The zero-order chi connectivity index (χ0) is 17.2. The number of nitrogens with zero attached hydrogens (tertiary/aromatic N) is 3. The number of pyridine rings is 1. The first-order valence-corrected chi connectivity index (χ1v) is 9.20. The van der Waals surface area contributed by atoms with Crippen molar-refractivity contribution in [3.05, 3.63) is 29.6 Å². The number of ether oxygens (including phenoxy) is 1. The standard InChI is InChI=1S/C20H29N3O/c1-15-5-4-6-18(14-23(2)13-16-7-8-16)20(15,24-3)17-9-10-22-19(11-17)12-21/h9-11,15-16,18H,4-8,13-14H2,1-3H3. The molecule has 24 heavy (non-hydrogen) atoms. The smallest absolute Gasteiger partial charge is 0.140 e. The lowest BCUT2D eigenvalue weighted by Gasteiger charge is -2.49. The van der Waals surface area contributed by atoms with Gasteiger partial charge >= 0.3 is 0 Å². The van der Waals surface area contributed by atoms with Crippen LogP contribution in [-0.2, 0) is 10.3 Å². The van der Waals surface area contributed by atoms with E-state index in [-0.39, 0.29) is 5.60 Å². The van der Waals surface area contributed by atoms with E-state index in [1.165, 1.54) is 38.6 Å². The van der Waals surface area contributed by atoms with Gasteiger partial charge in [0.25, 0.3) is 0 Å². The SMILES string of the molecule is COC1(c2ccnc(C#N)c2)C(C)CCCC1CN(C)CC1CC1. The molecule has 0 N–H and O–H groups in total. The molecule has 2 saturated carbocycles. The fraction of sp³-hybridized carbons (Fsp3) is 0.700. The maximum Gasteiger partial charge on any atom is 0.140 e. The molecule has 2 fully saturated rings. The number of nitriles is 1. The summed E-state index contributed by atoms with van der Waals surface area (Å²) in [4.78, 5) is 6.64. The van der Waals surface area contributed by atoms with Crippen molar-refractivity contribution in [2.24, 2.45) is 17.8 Å². The molecule has 3 atom stereocenters. The van der Waals surface area contributed by atoms with Gasteiger partial charge in [0.1, 0.15) is 11.8 Å². The Hall–Kier alpha value is -1.44. The molecule has 0 radical (unpaired) electrons. The van der Waals surface area contributed by atoms with Gasteiger partial charge in [-0.25, -0.2) is 4.98 Å². The van der Waals surface area contributed by atoms with Crippen molar-refractivity contribution in [2.75, 3.05) is 27.2 Å². The molecule has 0 saturated heterocycles. The summed E-state index contributed by atoms with van der Waals surface area (Å²) in [6.45, 7) is 4.55. The van der Waals surface area contributed by atoms with E-state index in [2.05, 4.69) is 29.9 Å². The van der Waals surface area contributed by atoms with Gasteiger partial charge in [-0.1, -0.05) is 13.3 Å². The van der Waals surface area contributed by atoms with Crippen molar-refractivity contribution < 1.29 is 4.74 Å². The normalized spacial score (nSPS) is 30.3. The number of rotatable bonds is 6. The molecule has 4 heteroatoms. The Morgan fingerprint density at radius 3 is 2.79 bits per heavy atom. The molecule has 0 spiro atoms. The molecular formula is C20H29N3O. The summed E-state index contributed by atoms with van der Waals surface area (Å²) in [6.07, 6.45) is 8.12. The minimum Gasteiger partial charge on any atom is -0.373 e. The van der Waals surface area contributed by atoms with E-state index in [4.69, 9.17) is 4.74 Å². The zero-order valence-corrected chi connectivity index (χ0v) is 15.2. The Morgan fingerprint density at radius 2 is 2.12 bits per heavy atom. The van der Waals surface area contributed by atoms with E-state index in [1.54, 1.807) is 6.20 Å². The molecule has 0 aromatic carbocycles. The second kappa shape index (κ2) is 7.21. The van der Waals surface area contributed by atoms with Crippen LogP contribution in [0.4, 0.5) is 0 Å². The first kappa shape index (κ1) is 17.4. The lowest BCUT2D eigenvalue weighted by atomic mass is 9.65. The molecule has 0 aliphatic heterocycles. The van der Waals surface area contributed by atoms with E-state index < -0.39 is 0 Å².